The number of methoxy groups -OCH3 is 1. The molecule has 2 aromatic carbocycles. The number of nitriles is 1. The summed E-state index contributed by atoms with van der Waals surface area (Å²) in [5.41, 5.74) is 2.11. The molecule has 0 saturated carbocycles. The highest BCUT2D eigenvalue weighted by atomic mass is 32.2. The largest absolute Gasteiger partial charge is 0.466 e. The van der Waals surface area contributed by atoms with E-state index in [9.17, 15) is 18.0 Å². The van der Waals surface area contributed by atoms with Gasteiger partial charge in [-0.3, -0.25) is 9.08 Å². The van der Waals surface area contributed by atoms with Crippen LogP contribution in [0.4, 0.5) is 16.2 Å². The zero-order valence-corrected chi connectivity index (χ0v) is 17.8. The van der Waals surface area contributed by atoms with Crippen molar-refractivity contribution >= 4 is 39.6 Å². The molecule has 0 radical (unpaired) electrons. The van der Waals surface area contributed by atoms with Gasteiger partial charge in [0, 0.05) is 17.5 Å². The molecule has 10 heteroatoms. The second-order valence-corrected chi connectivity index (χ2v) is 7.89. The molecule has 31 heavy (non-hydrogen) atoms. The van der Waals surface area contributed by atoms with Crippen LogP contribution in [0.1, 0.15) is 11.1 Å². The molecule has 0 unspecified atom stereocenters. The summed E-state index contributed by atoms with van der Waals surface area (Å²) in [4.78, 5) is 25.4. The molecule has 1 N–H and O–H groups in total. The highest BCUT2D eigenvalue weighted by Gasteiger charge is 2.17. The van der Waals surface area contributed by atoms with E-state index in [1.165, 1.54) is 18.1 Å². The van der Waals surface area contributed by atoms with E-state index in [1.54, 1.807) is 54.6 Å². The number of amides is 2. The molecule has 0 fully saturated rings. The summed E-state index contributed by atoms with van der Waals surface area (Å²) in [6, 6.07) is 14.5. The minimum atomic E-state index is -3.66. The van der Waals surface area contributed by atoms with E-state index in [0.29, 0.717) is 22.5 Å². The summed E-state index contributed by atoms with van der Waals surface area (Å²) in [5, 5.41) is 11.6. The van der Waals surface area contributed by atoms with E-state index < -0.39 is 22.1 Å². The maximum atomic E-state index is 12.8. The molecule has 0 aliphatic carbocycles. The Balaban J connectivity index is 2.20. The number of hydrogen-bond donors (Lipinski definition) is 1. The van der Waals surface area contributed by atoms with E-state index in [4.69, 9.17) is 9.44 Å². The van der Waals surface area contributed by atoms with Crippen molar-refractivity contribution in [2.75, 3.05) is 36.7 Å². The summed E-state index contributed by atoms with van der Waals surface area (Å²) in [6.07, 6.45) is 3.75. The van der Waals surface area contributed by atoms with Gasteiger partial charge in [-0.2, -0.15) is 13.7 Å². The average molecular weight is 443 g/mol. The van der Waals surface area contributed by atoms with E-state index in [-0.39, 0.29) is 13.2 Å². The lowest BCUT2D eigenvalue weighted by Crippen LogP contribution is -2.37. The normalized spacial score (nSPS) is 11.0. The first-order chi connectivity index (χ1) is 14.7. The van der Waals surface area contributed by atoms with Crippen LogP contribution in [0.2, 0.25) is 0 Å². The molecule has 0 saturated heterocycles. The fourth-order valence-electron chi connectivity index (χ4n) is 2.44. The summed E-state index contributed by atoms with van der Waals surface area (Å²) in [5.74, 6) is -0.495. The molecule has 162 valence electrons. The van der Waals surface area contributed by atoms with Gasteiger partial charge in [0.2, 0.25) is 0 Å². The Labute approximate surface area is 180 Å². The molecule has 0 spiro atoms. The Kier molecular flexibility index (Phi) is 8.31. The number of carbonyl (C=O) groups excluding carboxylic acids is 2. The molecule has 2 rings (SSSR count). The van der Waals surface area contributed by atoms with Crippen LogP contribution in [0.15, 0.2) is 54.6 Å². The van der Waals surface area contributed by atoms with Crippen LogP contribution in [0.3, 0.4) is 0 Å². The number of anilines is 2. The van der Waals surface area contributed by atoms with Gasteiger partial charge in [-0.1, -0.05) is 12.1 Å². The molecular weight excluding hydrogens is 422 g/mol. The number of rotatable bonds is 8. The Morgan fingerprint density at radius 1 is 1.13 bits per heavy atom. The standard InChI is InChI=1S/C21H21N3O6S/c1-29-20(25)12-7-16-5-10-19(11-6-16)24(13-14-30-31(2,27)28)21(26)23-18-8-3-17(15-22)4-9-18/h3-12H,13-14H2,1-2H3,(H,23,26)/b12-7+. The third-order valence-electron chi connectivity index (χ3n) is 3.94. The van der Waals surface area contributed by atoms with Crippen molar-refractivity contribution in [2.45, 2.75) is 0 Å². The maximum absolute atomic E-state index is 12.8. The maximum Gasteiger partial charge on any atom is 0.330 e. The number of nitrogens with zero attached hydrogens (tertiary/aromatic N) is 2. The summed E-state index contributed by atoms with van der Waals surface area (Å²) >= 11 is 0. The molecule has 0 aliphatic rings. The third-order valence-corrected chi connectivity index (χ3v) is 4.54. The van der Waals surface area contributed by atoms with Crippen LogP contribution in [-0.4, -0.2) is 46.9 Å². The summed E-state index contributed by atoms with van der Waals surface area (Å²) < 4.78 is 31.8. The van der Waals surface area contributed by atoms with Crippen LogP contribution >= 0.6 is 0 Å². The van der Waals surface area contributed by atoms with Gasteiger partial charge < -0.3 is 10.1 Å². The molecule has 0 heterocycles. The Hall–Kier alpha value is -3.68. The van der Waals surface area contributed by atoms with Gasteiger partial charge in [-0.05, 0) is 48.0 Å². The minimum absolute atomic E-state index is 0.0352. The zero-order valence-electron chi connectivity index (χ0n) is 16.9. The van der Waals surface area contributed by atoms with Crippen molar-refractivity contribution in [3.05, 3.63) is 65.7 Å². The zero-order chi connectivity index (χ0) is 22.9. The third kappa shape index (κ3) is 7.93. The van der Waals surface area contributed by atoms with E-state index >= 15 is 0 Å². The summed E-state index contributed by atoms with van der Waals surface area (Å²) in [7, 11) is -2.38. The Morgan fingerprint density at radius 2 is 1.77 bits per heavy atom. The Bertz CT molecular complexity index is 1090. The first kappa shape index (κ1) is 23.6. The van der Waals surface area contributed by atoms with Crippen molar-refractivity contribution in [2.24, 2.45) is 0 Å². The number of nitrogens with one attached hydrogen (secondary N) is 1. The highest BCUT2D eigenvalue weighted by Crippen LogP contribution is 2.18. The number of hydrogen-bond acceptors (Lipinski definition) is 7. The van der Waals surface area contributed by atoms with Gasteiger partial charge in [-0.25, -0.2) is 9.59 Å². The smallest absolute Gasteiger partial charge is 0.330 e. The van der Waals surface area contributed by atoms with Gasteiger partial charge >= 0.3 is 12.0 Å². The molecular formula is C21H21N3O6S. The van der Waals surface area contributed by atoms with Gasteiger partial charge in [0.05, 0.1) is 38.1 Å². The minimum Gasteiger partial charge on any atom is -0.466 e. The molecule has 0 bridgehead atoms. The van der Waals surface area contributed by atoms with Crippen LogP contribution < -0.4 is 10.2 Å². The molecule has 0 aliphatic heterocycles. The molecule has 2 amide bonds. The van der Waals surface area contributed by atoms with E-state index in [0.717, 1.165) is 6.26 Å². The number of carbonyl (C=O) groups is 2. The van der Waals surface area contributed by atoms with Crippen molar-refractivity contribution in [3.63, 3.8) is 0 Å². The molecule has 0 aromatic heterocycles. The summed E-state index contributed by atoms with van der Waals surface area (Å²) in [6.45, 7) is -0.268. The number of urea groups is 1. The number of esters is 1. The number of benzene rings is 2. The van der Waals surface area contributed by atoms with Crippen LogP contribution in [0.5, 0.6) is 0 Å². The van der Waals surface area contributed by atoms with Crippen LogP contribution in [-0.2, 0) is 23.8 Å². The average Bonchev–Trinajstić information content (AvgIpc) is 2.75. The predicted octanol–water partition coefficient (Wildman–Crippen LogP) is 2.76. The van der Waals surface area contributed by atoms with Crippen molar-refractivity contribution in [1.29, 1.82) is 5.26 Å². The quantitative estimate of drug-likeness (QED) is 0.378. The van der Waals surface area contributed by atoms with E-state index in [2.05, 4.69) is 10.1 Å². The first-order valence-corrected chi connectivity index (χ1v) is 10.8. The monoisotopic (exact) mass is 443 g/mol. The van der Waals surface area contributed by atoms with Gasteiger partial charge in [0.1, 0.15) is 0 Å². The highest BCUT2D eigenvalue weighted by molar-refractivity contribution is 7.85. The second kappa shape index (κ2) is 10.9. The lowest BCUT2D eigenvalue weighted by atomic mass is 10.2. The molecule has 0 atom stereocenters. The van der Waals surface area contributed by atoms with Crippen molar-refractivity contribution in [3.8, 4) is 6.07 Å². The van der Waals surface area contributed by atoms with Crippen LogP contribution in [0, 0.1) is 11.3 Å². The predicted molar refractivity (Wildman–Crippen MR) is 116 cm³/mol. The van der Waals surface area contributed by atoms with Gasteiger partial charge in [0.25, 0.3) is 10.1 Å². The van der Waals surface area contributed by atoms with Gasteiger partial charge in [-0.15, -0.1) is 0 Å². The topological polar surface area (TPSA) is 126 Å². The molecule has 2 aromatic rings. The van der Waals surface area contributed by atoms with Crippen molar-refractivity contribution in [1.82, 2.24) is 0 Å². The lowest BCUT2D eigenvalue weighted by molar-refractivity contribution is -0.134. The lowest BCUT2D eigenvalue weighted by Gasteiger charge is -2.23. The Morgan fingerprint density at radius 3 is 2.32 bits per heavy atom. The van der Waals surface area contributed by atoms with Crippen molar-refractivity contribution < 1.29 is 26.9 Å². The second-order valence-electron chi connectivity index (χ2n) is 6.25. The van der Waals surface area contributed by atoms with Gasteiger partial charge in [0.15, 0.2) is 0 Å². The fourth-order valence-corrected chi connectivity index (χ4v) is 2.82. The van der Waals surface area contributed by atoms with Crippen LogP contribution in [0.25, 0.3) is 6.08 Å². The number of ether oxygens (including phenoxy) is 1. The van der Waals surface area contributed by atoms with E-state index in [1.807, 2.05) is 6.07 Å². The SMILES string of the molecule is COC(=O)/C=C/c1ccc(N(CCOS(C)(=O)=O)C(=O)Nc2ccc(C#N)cc2)cc1. The first-order valence-electron chi connectivity index (χ1n) is 9.01. The fraction of sp³-hybridized carbons (Fsp3) is 0.190. The molecule has 9 nitrogen and oxygen atoms in total.